The van der Waals surface area contributed by atoms with E-state index in [1.165, 1.54) is 53.7 Å². The zero-order valence-corrected chi connectivity index (χ0v) is 27.9. The lowest BCUT2D eigenvalue weighted by Crippen LogP contribution is -2.78. The summed E-state index contributed by atoms with van der Waals surface area (Å²) >= 11 is 0. The predicted octanol–water partition coefficient (Wildman–Crippen LogP) is 8.70. The minimum absolute atomic E-state index is 0.109. The number of aromatic nitrogens is 1. The van der Waals surface area contributed by atoms with E-state index < -0.39 is 8.07 Å². The minimum Gasteiger partial charge on any atom is -0.456 e. The van der Waals surface area contributed by atoms with Gasteiger partial charge in [0.15, 0.2) is 8.07 Å². The zero-order chi connectivity index (χ0) is 32.0. The molecule has 0 saturated carbocycles. The summed E-state index contributed by atoms with van der Waals surface area (Å²) in [5, 5.41) is 10.5. The molecular formula is C45H33NOSi. The first-order valence-corrected chi connectivity index (χ1v) is 18.8. The van der Waals surface area contributed by atoms with Crippen molar-refractivity contribution in [3.05, 3.63) is 175 Å². The summed E-state index contributed by atoms with van der Waals surface area (Å²) in [4.78, 5) is 0. The third-order valence-electron chi connectivity index (χ3n) is 10.9. The van der Waals surface area contributed by atoms with Crippen LogP contribution in [-0.2, 0) is 5.41 Å². The van der Waals surface area contributed by atoms with Gasteiger partial charge in [0.05, 0.1) is 11.0 Å². The summed E-state index contributed by atoms with van der Waals surface area (Å²) in [6.45, 7) is 4.77. The number of fused-ring (bicyclic) bond motifs is 8. The summed E-state index contributed by atoms with van der Waals surface area (Å²) in [6, 6.07) is 60.8. The number of furan rings is 1. The second-order valence-electron chi connectivity index (χ2n) is 13.7. The molecule has 48 heavy (non-hydrogen) atoms. The maximum atomic E-state index is 6.56. The van der Waals surface area contributed by atoms with Gasteiger partial charge in [0.1, 0.15) is 11.2 Å². The monoisotopic (exact) mass is 631 g/mol. The van der Waals surface area contributed by atoms with Crippen molar-refractivity contribution >= 4 is 72.6 Å². The van der Waals surface area contributed by atoms with Crippen molar-refractivity contribution in [2.24, 2.45) is 0 Å². The van der Waals surface area contributed by atoms with Crippen LogP contribution in [0.5, 0.6) is 0 Å². The standard InChI is InChI=1S/C45H33NOSi/c1-45(2)37-18-8-12-22-43(37)48(31-14-4-3-5-15-31,44-23-13-9-19-38(44)45)32-25-27-42-36(29-32)35-28-30(24-26-41(35)47-42)46-39-20-10-6-16-33(39)34-17-7-11-21-40(34)46/h3-29H,1-2H3. The first-order valence-electron chi connectivity index (χ1n) is 16.8. The van der Waals surface area contributed by atoms with Gasteiger partial charge in [0.2, 0.25) is 0 Å². The largest absolute Gasteiger partial charge is 0.456 e. The molecule has 2 nitrogen and oxygen atoms in total. The van der Waals surface area contributed by atoms with Gasteiger partial charge in [-0.25, -0.2) is 0 Å². The predicted molar refractivity (Wildman–Crippen MR) is 204 cm³/mol. The molecule has 1 aliphatic heterocycles. The van der Waals surface area contributed by atoms with Crippen molar-refractivity contribution in [1.29, 1.82) is 0 Å². The Morgan fingerprint density at radius 2 is 0.979 bits per heavy atom. The van der Waals surface area contributed by atoms with Crippen LogP contribution in [0.2, 0.25) is 0 Å². The summed E-state index contributed by atoms with van der Waals surface area (Å²) in [5.41, 5.74) is 8.12. The number of hydrogen-bond donors (Lipinski definition) is 0. The maximum Gasteiger partial charge on any atom is 0.180 e. The van der Waals surface area contributed by atoms with Crippen LogP contribution in [0.1, 0.15) is 25.0 Å². The molecule has 0 radical (unpaired) electrons. The van der Waals surface area contributed by atoms with Crippen LogP contribution >= 0.6 is 0 Å². The van der Waals surface area contributed by atoms with Gasteiger partial charge < -0.3 is 8.98 Å². The van der Waals surface area contributed by atoms with E-state index in [0.29, 0.717) is 0 Å². The molecule has 0 spiro atoms. The molecule has 0 bridgehead atoms. The highest BCUT2D eigenvalue weighted by Gasteiger charge is 2.50. The van der Waals surface area contributed by atoms with Gasteiger partial charge in [-0.2, -0.15) is 0 Å². The summed E-state index contributed by atoms with van der Waals surface area (Å²) in [6.07, 6.45) is 0. The summed E-state index contributed by atoms with van der Waals surface area (Å²) in [7, 11) is -2.73. The molecule has 0 N–H and O–H groups in total. The third-order valence-corrected chi connectivity index (χ3v) is 15.8. The third kappa shape index (κ3) is 3.57. The topological polar surface area (TPSA) is 18.1 Å². The van der Waals surface area contributed by atoms with E-state index >= 15 is 0 Å². The Bertz CT molecular complexity index is 2610. The molecule has 10 rings (SSSR count). The van der Waals surface area contributed by atoms with Gasteiger partial charge in [0.25, 0.3) is 0 Å². The van der Waals surface area contributed by atoms with E-state index in [-0.39, 0.29) is 5.41 Å². The molecule has 0 aliphatic carbocycles. The minimum atomic E-state index is -2.73. The highest BCUT2D eigenvalue weighted by Crippen LogP contribution is 2.38. The number of para-hydroxylation sites is 2. The molecule has 9 aromatic rings. The second-order valence-corrected chi connectivity index (χ2v) is 17.4. The lowest BCUT2D eigenvalue weighted by Gasteiger charge is -2.46. The molecule has 0 amide bonds. The number of nitrogens with zero attached hydrogens (tertiary/aromatic N) is 1. The summed E-state index contributed by atoms with van der Waals surface area (Å²) < 4.78 is 8.95. The van der Waals surface area contributed by atoms with Crippen LogP contribution in [0.25, 0.3) is 49.4 Å². The van der Waals surface area contributed by atoms with Gasteiger partial charge in [-0.15, -0.1) is 0 Å². The molecule has 7 aromatic carbocycles. The molecule has 3 heterocycles. The van der Waals surface area contributed by atoms with E-state index in [0.717, 1.165) is 27.6 Å². The average molecular weight is 632 g/mol. The van der Waals surface area contributed by atoms with Gasteiger partial charge >= 0.3 is 0 Å². The Kier molecular flexibility index (Phi) is 5.68. The van der Waals surface area contributed by atoms with E-state index in [2.05, 4.69) is 182 Å². The molecule has 0 fully saturated rings. The average Bonchev–Trinajstić information content (AvgIpc) is 3.68. The fraction of sp³-hybridized carbons (Fsp3) is 0.0667. The maximum absolute atomic E-state index is 6.56. The Morgan fingerprint density at radius 1 is 0.458 bits per heavy atom. The molecule has 1 aliphatic rings. The van der Waals surface area contributed by atoms with E-state index in [1.54, 1.807) is 0 Å². The van der Waals surface area contributed by atoms with Crippen molar-refractivity contribution in [1.82, 2.24) is 4.57 Å². The Balaban J connectivity index is 1.29. The number of benzene rings is 7. The van der Waals surface area contributed by atoms with E-state index in [1.807, 2.05) is 0 Å². The number of rotatable bonds is 3. The molecule has 0 saturated heterocycles. The number of hydrogen-bond acceptors (Lipinski definition) is 1. The quantitative estimate of drug-likeness (QED) is 0.179. The van der Waals surface area contributed by atoms with Crippen molar-refractivity contribution in [3.8, 4) is 5.69 Å². The SMILES string of the molecule is CC1(C)c2ccccc2[Si](c2ccccc2)(c2ccc3oc4ccc(-n5c6ccccc6c6ccccc65)cc4c3c2)c2ccccc21. The van der Waals surface area contributed by atoms with Gasteiger partial charge in [-0.05, 0) is 68.3 Å². The highest BCUT2D eigenvalue weighted by molar-refractivity contribution is 7.20. The van der Waals surface area contributed by atoms with Crippen LogP contribution in [0.15, 0.2) is 168 Å². The molecule has 3 heteroatoms. The first kappa shape index (κ1) is 27.5. The lowest BCUT2D eigenvalue weighted by atomic mass is 9.77. The highest BCUT2D eigenvalue weighted by atomic mass is 28.3. The van der Waals surface area contributed by atoms with Crippen LogP contribution in [0.4, 0.5) is 0 Å². The van der Waals surface area contributed by atoms with E-state index in [9.17, 15) is 0 Å². The van der Waals surface area contributed by atoms with Crippen LogP contribution in [0, 0.1) is 0 Å². The van der Waals surface area contributed by atoms with Crippen LogP contribution < -0.4 is 20.7 Å². The second kappa shape index (κ2) is 9.93. The fourth-order valence-corrected chi connectivity index (χ4v) is 14.4. The van der Waals surface area contributed by atoms with Crippen LogP contribution in [0.3, 0.4) is 0 Å². The van der Waals surface area contributed by atoms with Gasteiger partial charge in [-0.3, -0.25) is 0 Å². The van der Waals surface area contributed by atoms with Gasteiger partial charge in [-0.1, -0.05) is 141 Å². The first-order chi connectivity index (χ1) is 23.6. The van der Waals surface area contributed by atoms with Crippen molar-refractivity contribution in [2.75, 3.05) is 0 Å². The molecule has 228 valence electrons. The Morgan fingerprint density at radius 3 is 1.62 bits per heavy atom. The molecular weight excluding hydrogens is 599 g/mol. The van der Waals surface area contributed by atoms with E-state index in [4.69, 9.17) is 4.42 Å². The normalized spacial score (nSPS) is 14.8. The van der Waals surface area contributed by atoms with Crippen molar-refractivity contribution in [3.63, 3.8) is 0 Å². The van der Waals surface area contributed by atoms with Gasteiger partial charge in [0, 0.05) is 32.6 Å². The zero-order valence-electron chi connectivity index (χ0n) is 26.9. The molecule has 0 atom stereocenters. The van der Waals surface area contributed by atoms with Crippen molar-refractivity contribution < 1.29 is 4.42 Å². The smallest absolute Gasteiger partial charge is 0.180 e. The molecule has 2 aromatic heterocycles. The van der Waals surface area contributed by atoms with Crippen LogP contribution in [-0.4, -0.2) is 12.6 Å². The Hall–Kier alpha value is -5.64. The lowest BCUT2D eigenvalue weighted by molar-refractivity contribution is 0.645. The summed E-state index contributed by atoms with van der Waals surface area (Å²) in [5.74, 6) is 0. The fourth-order valence-electron chi connectivity index (χ4n) is 8.82. The molecule has 0 unspecified atom stereocenters. The van der Waals surface area contributed by atoms with Crippen molar-refractivity contribution in [2.45, 2.75) is 19.3 Å². The Labute approximate surface area is 280 Å².